The summed E-state index contributed by atoms with van der Waals surface area (Å²) in [5.74, 6) is 0. The highest BCUT2D eigenvalue weighted by atomic mass is 35.5. The van der Waals surface area contributed by atoms with E-state index in [1.54, 1.807) is 0 Å². The highest BCUT2D eigenvalue weighted by molar-refractivity contribution is 6.30. The third-order valence-electron chi connectivity index (χ3n) is 3.62. The molecule has 0 unspecified atom stereocenters. The van der Waals surface area contributed by atoms with Crippen LogP contribution in [0.3, 0.4) is 0 Å². The van der Waals surface area contributed by atoms with Crippen LogP contribution in [-0.2, 0) is 24.5 Å². The van der Waals surface area contributed by atoms with Crippen LogP contribution in [-0.4, -0.2) is 6.04 Å². The van der Waals surface area contributed by atoms with Gasteiger partial charge in [-0.2, -0.15) is 0 Å². The van der Waals surface area contributed by atoms with Gasteiger partial charge in [-0.3, -0.25) is 0 Å². The normalized spacial score (nSPS) is 14.3. The van der Waals surface area contributed by atoms with E-state index < -0.39 is 0 Å². The summed E-state index contributed by atoms with van der Waals surface area (Å²) in [6.07, 6.45) is 2.66. The van der Waals surface area contributed by atoms with Crippen molar-refractivity contribution in [1.82, 2.24) is 5.32 Å². The Hall–Kier alpha value is -1.35. The quantitative estimate of drug-likeness (QED) is 0.823. The zero-order chi connectivity index (χ0) is 14.5. The molecular weight excluding hydrogens is 282 g/mol. The van der Waals surface area contributed by atoms with Crippen LogP contribution >= 0.6 is 11.6 Å². The maximum absolute atomic E-state index is 5.95. The summed E-state index contributed by atoms with van der Waals surface area (Å²) in [6.45, 7) is 2.18. The molecule has 0 aromatic heterocycles. The first-order valence-electron chi connectivity index (χ1n) is 7.43. The zero-order valence-corrected chi connectivity index (χ0v) is 12.8. The maximum atomic E-state index is 5.95. The Bertz CT molecular complexity index is 578. The number of hydrogen-bond acceptors (Lipinski definition) is 2. The molecule has 3 heteroatoms. The fourth-order valence-electron chi connectivity index (χ4n) is 2.22. The van der Waals surface area contributed by atoms with Crippen molar-refractivity contribution in [2.75, 3.05) is 0 Å². The second-order valence-corrected chi connectivity index (χ2v) is 6.03. The van der Waals surface area contributed by atoms with Gasteiger partial charge in [-0.15, -0.1) is 0 Å². The van der Waals surface area contributed by atoms with Crippen molar-refractivity contribution in [3.8, 4) is 0 Å². The predicted molar refractivity (Wildman–Crippen MR) is 86.2 cm³/mol. The van der Waals surface area contributed by atoms with E-state index in [0.717, 1.165) is 23.2 Å². The first-order chi connectivity index (χ1) is 10.3. The summed E-state index contributed by atoms with van der Waals surface area (Å²) in [5, 5.41) is 4.27. The van der Waals surface area contributed by atoms with Crippen LogP contribution in [0, 0.1) is 0 Å². The van der Waals surface area contributed by atoms with Crippen LogP contribution in [0.1, 0.15) is 29.5 Å². The van der Waals surface area contributed by atoms with Crippen molar-refractivity contribution in [2.24, 2.45) is 0 Å². The van der Waals surface area contributed by atoms with Gasteiger partial charge in [-0.1, -0.05) is 48.0 Å². The molecule has 1 aliphatic rings. The molecular formula is C18H20ClNO. The van der Waals surface area contributed by atoms with E-state index in [-0.39, 0.29) is 0 Å². The van der Waals surface area contributed by atoms with E-state index in [1.165, 1.54) is 24.0 Å². The van der Waals surface area contributed by atoms with E-state index in [4.69, 9.17) is 16.3 Å². The minimum Gasteiger partial charge on any atom is -0.372 e. The highest BCUT2D eigenvalue weighted by Gasteiger charge is 2.19. The Morgan fingerprint density at radius 2 is 1.67 bits per heavy atom. The molecule has 0 spiro atoms. The molecule has 2 nitrogen and oxygen atoms in total. The molecule has 3 rings (SSSR count). The molecule has 0 radical (unpaired) electrons. The van der Waals surface area contributed by atoms with Gasteiger partial charge in [-0.05, 0) is 41.7 Å². The first-order valence-corrected chi connectivity index (χ1v) is 7.81. The lowest BCUT2D eigenvalue weighted by atomic mass is 10.1. The summed E-state index contributed by atoms with van der Waals surface area (Å²) < 4.78 is 5.73. The van der Waals surface area contributed by atoms with Crippen molar-refractivity contribution in [3.05, 3.63) is 70.2 Å². The molecule has 0 atom stereocenters. The summed E-state index contributed by atoms with van der Waals surface area (Å²) >= 11 is 5.95. The lowest BCUT2D eigenvalue weighted by Gasteiger charge is -2.07. The monoisotopic (exact) mass is 301 g/mol. The molecule has 0 aliphatic heterocycles. The molecule has 0 heterocycles. The molecule has 1 aliphatic carbocycles. The fourth-order valence-corrected chi connectivity index (χ4v) is 2.43. The largest absolute Gasteiger partial charge is 0.372 e. The van der Waals surface area contributed by atoms with E-state index >= 15 is 0 Å². The summed E-state index contributed by atoms with van der Waals surface area (Å²) in [6, 6.07) is 17.2. The van der Waals surface area contributed by atoms with Gasteiger partial charge in [0.15, 0.2) is 0 Å². The van der Waals surface area contributed by atoms with Crippen LogP contribution in [0.15, 0.2) is 48.5 Å². The minimum absolute atomic E-state index is 0.589. The van der Waals surface area contributed by atoms with Gasteiger partial charge in [0, 0.05) is 17.6 Å². The maximum Gasteiger partial charge on any atom is 0.0721 e. The minimum atomic E-state index is 0.589. The van der Waals surface area contributed by atoms with Crippen molar-refractivity contribution in [1.29, 1.82) is 0 Å². The Balaban J connectivity index is 1.44. The van der Waals surface area contributed by atoms with E-state index in [2.05, 4.69) is 29.6 Å². The second kappa shape index (κ2) is 7.08. The molecule has 1 N–H and O–H groups in total. The number of rotatable bonds is 7. The predicted octanol–water partition coefficient (Wildman–Crippen LogP) is 4.31. The van der Waals surface area contributed by atoms with Crippen LogP contribution < -0.4 is 5.32 Å². The SMILES string of the molecule is Clc1cccc(COCc2ccc(CNC3CC3)cc2)c1. The van der Waals surface area contributed by atoms with Gasteiger partial charge in [-0.25, -0.2) is 0 Å². The Labute approximate surface area is 131 Å². The first kappa shape index (κ1) is 14.6. The molecule has 2 aromatic rings. The van der Waals surface area contributed by atoms with E-state index in [1.807, 2.05) is 24.3 Å². The van der Waals surface area contributed by atoms with Crippen molar-refractivity contribution in [2.45, 2.75) is 38.6 Å². The standard InChI is InChI=1S/C18H20ClNO/c19-17-3-1-2-16(10-17)13-21-12-15-6-4-14(5-7-15)11-20-18-8-9-18/h1-7,10,18,20H,8-9,11-13H2. The van der Waals surface area contributed by atoms with Crippen molar-refractivity contribution in [3.63, 3.8) is 0 Å². The lowest BCUT2D eigenvalue weighted by molar-refractivity contribution is 0.107. The molecule has 1 saturated carbocycles. The summed E-state index contributed by atoms with van der Waals surface area (Å²) in [5.41, 5.74) is 3.64. The highest BCUT2D eigenvalue weighted by Crippen LogP contribution is 2.19. The number of halogens is 1. The topological polar surface area (TPSA) is 21.3 Å². The van der Waals surface area contributed by atoms with Crippen LogP contribution in [0.5, 0.6) is 0 Å². The molecule has 2 aromatic carbocycles. The van der Waals surface area contributed by atoms with Gasteiger partial charge in [0.05, 0.1) is 13.2 Å². The van der Waals surface area contributed by atoms with Crippen molar-refractivity contribution >= 4 is 11.6 Å². The third-order valence-corrected chi connectivity index (χ3v) is 3.86. The van der Waals surface area contributed by atoms with Crippen molar-refractivity contribution < 1.29 is 4.74 Å². The van der Waals surface area contributed by atoms with Gasteiger partial charge >= 0.3 is 0 Å². The average Bonchev–Trinajstić information content (AvgIpc) is 3.31. The molecule has 0 saturated heterocycles. The second-order valence-electron chi connectivity index (χ2n) is 5.59. The lowest BCUT2D eigenvalue weighted by Crippen LogP contribution is -2.15. The van der Waals surface area contributed by atoms with Crippen LogP contribution in [0.2, 0.25) is 5.02 Å². The molecule has 1 fully saturated rings. The Morgan fingerprint density at radius 1 is 0.952 bits per heavy atom. The van der Waals surface area contributed by atoms with Gasteiger partial charge in [0.1, 0.15) is 0 Å². The Morgan fingerprint density at radius 3 is 2.38 bits per heavy atom. The van der Waals surface area contributed by atoms with Gasteiger partial charge in [0.25, 0.3) is 0 Å². The summed E-state index contributed by atoms with van der Waals surface area (Å²) in [4.78, 5) is 0. The van der Waals surface area contributed by atoms with Crippen LogP contribution in [0.25, 0.3) is 0 Å². The van der Waals surface area contributed by atoms with E-state index in [9.17, 15) is 0 Å². The number of benzene rings is 2. The molecule has 0 amide bonds. The van der Waals surface area contributed by atoms with E-state index in [0.29, 0.717) is 13.2 Å². The fraction of sp³-hybridized carbons (Fsp3) is 0.333. The number of ether oxygens (including phenoxy) is 1. The van der Waals surface area contributed by atoms with Crippen LogP contribution in [0.4, 0.5) is 0 Å². The van der Waals surface area contributed by atoms with Gasteiger partial charge in [0.2, 0.25) is 0 Å². The molecule has 110 valence electrons. The molecule has 0 bridgehead atoms. The third kappa shape index (κ3) is 4.85. The molecule has 21 heavy (non-hydrogen) atoms. The Kier molecular flexibility index (Phi) is 4.91. The smallest absolute Gasteiger partial charge is 0.0721 e. The summed E-state index contributed by atoms with van der Waals surface area (Å²) in [7, 11) is 0. The average molecular weight is 302 g/mol. The number of nitrogens with one attached hydrogen (secondary N) is 1. The van der Waals surface area contributed by atoms with Gasteiger partial charge < -0.3 is 10.1 Å². The zero-order valence-electron chi connectivity index (χ0n) is 12.0. The number of hydrogen-bond donors (Lipinski definition) is 1.